The minimum atomic E-state index is 0.451. The van der Waals surface area contributed by atoms with Crippen molar-refractivity contribution in [2.24, 2.45) is 7.05 Å². The van der Waals surface area contributed by atoms with Crippen LogP contribution in [0.3, 0.4) is 0 Å². The Morgan fingerprint density at radius 3 is 2.84 bits per heavy atom. The Labute approximate surface area is 148 Å². The number of piperidine rings is 1. The molecule has 8 heteroatoms. The molecular formula is C17H27N7O. The number of aromatic amines is 1. The highest BCUT2D eigenvalue weighted by atomic mass is 16.5. The minimum absolute atomic E-state index is 0.451. The summed E-state index contributed by atoms with van der Waals surface area (Å²) in [6.07, 6.45) is 6.04. The van der Waals surface area contributed by atoms with E-state index in [2.05, 4.69) is 41.6 Å². The minimum Gasteiger partial charge on any atom is -0.379 e. The van der Waals surface area contributed by atoms with Crippen LogP contribution in [0.2, 0.25) is 0 Å². The van der Waals surface area contributed by atoms with Gasteiger partial charge in [-0.3, -0.25) is 9.80 Å². The summed E-state index contributed by atoms with van der Waals surface area (Å²) in [4.78, 5) is 12.2. The molecule has 2 fully saturated rings. The lowest BCUT2D eigenvalue weighted by Gasteiger charge is -2.32. The van der Waals surface area contributed by atoms with Gasteiger partial charge in [0, 0.05) is 51.0 Å². The van der Waals surface area contributed by atoms with Crippen molar-refractivity contribution in [3.05, 3.63) is 29.9 Å². The van der Waals surface area contributed by atoms with Crippen LogP contribution in [0.25, 0.3) is 0 Å². The molecule has 2 aromatic heterocycles. The Morgan fingerprint density at radius 2 is 2.04 bits per heavy atom. The standard InChI is InChI=1S/C17H27N7O/c1-22-16(12-23-5-7-25-8-6-23)20-21-17(22)14-3-2-4-24(10-14)11-15-9-18-13-19-15/h9,13-14H,2-8,10-12H2,1H3,(H,18,19). The van der Waals surface area contributed by atoms with Crippen LogP contribution in [0.1, 0.15) is 36.1 Å². The van der Waals surface area contributed by atoms with Gasteiger partial charge in [0.15, 0.2) is 0 Å². The Morgan fingerprint density at radius 1 is 1.16 bits per heavy atom. The molecule has 1 N–H and O–H groups in total. The number of morpholine rings is 1. The van der Waals surface area contributed by atoms with Crippen LogP contribution >= 0.6 is 0 Å². The van der Waals surface area contributed by atoms with Gasteiger partial charge in [-0.2, -0.15) is 0 Å². The Balaban J connectivity index is 1.40. The lowest BCUT2D eigenvalue weighted by molar-refractivity contribution is 0.0326. The zero-order chi connectivity index (χ0) is 17.1. The maximum Gasteiger partial charge on any atom is 0.146 e. The van der Waals surface area contributed by atoms with E-state index in [4.69, 9.17) is 4.74 Å². The summed E-state index contributed by atoms with van der Waals surface area (Å²) < 4.78 is 7.63. The van der Waals surface area contributed by atoms with Crippen molar-refractivity contribution in [3.63, 3.8) is 0 Å². The van der Waals surface area contributed by atoms with E-state index < -0.39 is 0 Å². The fourth-order valence-corrected chi connectivity index (χ4v) is 3.85. The lowest BCUT2D eigenvalue weighted by atomic mass is 9.97. The molecule has 0 amide bonds. The number of H-pyrrole nitrogens is 1. The van der Waals surface area contributed by atoms with Gasteiger partial charge in [-0.05, 0) is 19.4 Å². The molecule has 8 nitrogen and oxygen atoms in total. The fourth-order valence-electron chi connectivity index (χ4n) is 3.85. The van der Waals surface area contributed by atoms with Crippen molar-refractivity contribution in [2.75, 3.05) is 39.4 Å². The van der Waals surface area contributed by atoms with Crippen LogP contribution < -0.4 is 0 Å². The number of nitrogens with one attached hydrogen (secondary N) is 1. The van der Waals surface area contributed by atoms with Crippen LogP contribution in [0.15, 0.2) is 12.5 Å². The van der Waals surface area contributed by atoms with E-state index in [0.29, 0.717) is 5.92 Å². The first kappa shape index (κ1) is 16.7. The van der Waals surface area contributed by atoms with Gasteiger partial charge < -0.3 is 14.3 Å². The van der Waals surface area contributed by atoms with E-state index in [1.165, 1.54) is 18.5 Å². The average Bonchev–Trinajstić information content (AvgIpc) is 3.27. The highest BCUT2D eigenvalue weighted by molar-refractivity contribution is 5.05. The molecule has 0 aliphatic carbocycles. The van der Waals surface area contributed by atoms with Crippen molar-refractivity contribution < 1.29 is 4.74 Å². The molecule has 0 spiro atoms. The first-order valence-electron chi connectivity index (χ1n) is 9.17. The predicted octanol–water partition coefficient (Wildman–Crippen LogP) is 0.750. The van der Waals surface area contributed by atoms with Gasteiger partial charge in [0.1, 0.15) is 11.6 Å². The number of aromatic nitrogens is 5. The second-order valence-corrected chi connectivity index (χ2v) is 7.07. The van der Waals surface area contributed by atoms with E-state index in [0.717, 1.165) is 64.1 Å². The number of ether oxygens (including phenoxy) is 1. The summed E-state index contributed by atoms with van der Waals surface area (Å²) in [6, 6.07) is 0. The Bertz CT molecular complexity index is 663. The van der Waals surface area contributed by atoms with Gasteiger partial charge in [-0.25, -0.2) is 4.98 Å². The number of hydrogen-bond donors (Lipinski definition) is 1. The summed E-state index contributed by atoms with van der Waals surface area (Å²) in [5.41, 5.74) is 1.17. The summed E-state index contributed by atoms with van der Waals surface area (Å²) in [6.45, 7) is 7.53. The largest absolute Gasteiger partial charge is 0.379 e. The molecule has 2 saturated heterocycles. The topological polar surface area (TPSA) is 75.1 Å². The highest BCUT2D eigenvalue weighted by Gasteiger charge is 2.26. The van der Waals surface area contributed by atoms with Gasteiger partial charge in [0.2, 0.25) is 0 Å². The van der Waals surface area contributed by atoms with Crippen molar-refractivity contribution >= 4 is 0 Å². The lowest BCUT2D eigenvalue weighted by Crippen LogP contribution is -2.36. The van der Waals surface area contributed by atoms with E-state index in [-0.39, 0.29) is 0 Å². The van der Waals surface area contributed by atoms with E-state index in [1.807, 2.05) is 6.20 Å². The molecule has 0 radical (unpaired) electrons. The fraction of sp³-hybridized carbons (Fsp3) is 0.706. The van der Waals surface area contributed by atoms with Crippen molar-refractivity contribution in [1.82, 2.24) is 34.5 Å². The monoisotopic (exact) mass is 345 g/mol. The van der Waals surface area contributed by atoms with Crippen LogP contribution in [0.5, 0.6) is 0 Å². The third-order valence-corrected chi connectivity index (χ3v) is 5.29. The second-order valence-electron chi connectivity index (χ2n) is 7.07. The predicted molar refractivity (Wildman–Crippen MR) is 92.9 cm³/mol. The first-order chi connectivity index (χ1) is 12.3. The van der Waals surface area contributed by atoms with Gasteiger partial charge in [0.05, 0.1) is 26.1 Å². The number of hydrogen-bond acceptors (Lipinski definition) is 6. The Kier molecular flexibility index (Phi) is 5.09. The van der Waals surface area contributed by atoms with Gasteiger partial charge in [-0.15, -0.1) is 10.2 Å². The zero-order valence-corrected chi connectivity index (χ0v) is 14.9. The summed E-state index contributed by atoms with van der Waals surface area (Å²) in [7, 11) is 2.11. The van der Waals surface area contributed by atoms with Crippen LogP contribution in [-0.4, -0.2) is 73.9 Å². The second kappa shape index (κ2) is 7.63. The smallest absolute Gasteiger partial charge is 0.146 e. The number of nitrogens with zero attached hydrogens (tertiary/aromatic N) is 6. The number of imidazole rings is 1. The van der Waals surface area contributed by atoms with Crippen molar-refractivity contribution in [3.8, 4) is 0 Å². The van der Waals surface area contributed by atoms with E-state index in [1.54, 1.807) is 6.33 Å². The molecule has 1 unspecified atom stereocenters. The van der Waals surface area contributed by atoms with E-state index >= 15 is 0 Å². The molecule has 4 heterocycles. The van der Waals surface area contributed by atoms with Crippen LogP contribution in [-0.2, 0) is 24.9 Å². The van der Waals surface area contributed by atoms with Gasteiger partial charge in [-0.1, -0.05) is 0 Å². The molecule has 4 rings (SSSR count). The SMILES string of the molecule is Cn1c(CN2CCOCC2)nnc1C1CCCN(Cc2cnc[nH]2)C1. The number of rotatable bonds is 5. The molecule has 2 aliphatic heterocycles. The molecule has 1 atom stereocenters. The third kappa shape index (κ3) is 3.91. The summed E-state index contributed by atoms with van der Waals surface area (Å²) in [5, 5.41) is 9.03. The molecule has 25 heavy (non-hydrogen) atoms. The van der Waals surface area contributed by atoms with Crippen molar-refractivity contribution in [1.29, 1.82) is 0 Å². The quantitative estimate of drug-likeness (QED) is 0.862. The third-order valence-electron chi connectivity index (χ3n) is 5.29. The van der Waals surface area contributed by atoms with Crippen molar-refractivity contribution in [2.45, 2.75) is 31.8 Å². The maximum atomic E-state index is 5.43. The molecular weight excluding hydrogens is 318 g/mol. The van der Waals surface area contributed by atoms with E-state index in [9.17, 15) is 0 Å². The average molecular weight is 345 g/mol. The normalized spacial score (nSPS) is 23.2. The number of likely N-dealkylation sites (tertiary alicyclic amines) is 1. The molecule has 0 aromatic carbocycles. The van der Waals surface area contributed by atoms with Crippen LogP contribution in [0.4, 0.5) is 0 Å². The van der Waals surface area contributed by atoms with Gasteiger partial charge >= 0.3 is 0 Å². The molecule has 0 saturated carbocycles. The first-order valence-corrected chi connectivity index (χ1v) is 9.17. The Hall–Kier alpha value is -1.77. The molecule has 2 aromatic rings. The molecule has 136 valence electrons. The molecule has 0 bridgehead atoms. The summed E-state index contributed by atoms with van der Waals surface area (Å²) in [5.74, 6) is 2.63. The van der Waals surface area contributed by atoms with Crippen LogP contribution in [0, 0.1) is 0 Å². The zero-order valence-electron chi connectivity index (χ0n) is 14.9. The maximum absolute atomic E-state index is 5.43. The van der Waals surface area contributed by atoms with Gasteiger partial charge in [0.25, 0.3) is 0 Å². The summed E-state index contributed by atoms with van der Waals surface area (Å²) >= 11 is 0. The molecule has 2 aliphatic rings. The highest BCUT2D eigenvalue weighted by Crippen LogP contribution is 2.26.